The van der Waals surface area contributed by atoms with Crippen molar-refractivity contribution in [3.8, 4) is 0 Å². The van der Waals surface area contributed by atoms with Crippen LogP contribution in [-0.2, 0) is 0 Å². The molecule has 0 heterocycles. The van der Waals surface area contributed by atoms with Crippen LogP contribution in [-0.4, -0.2) is 0 Å². The van der Waals surface area contributed by atoms with E-state index >= 15 is 0 Å². The van der Waals surface area contributed by atoms with Crippen molar-refractivity contribution in [1.82, 2.24) is 0 Å². The van der Waals surface area contributed by atoms with Gasteiger partial charge < -0.3 is 0 Å². The van der Waals surface area contributed by atoms with Crippen LogP contribution in [0.5, 0.6) is 0 Å². The van der Waals surface area contributed by atoms with Crippen LogP contribution in [0, 0.1) is 25.5 Å². The maximum atomic E-state index is 13.8. The Labute approximate surface area is 124 Å². The molecule has 1 unspecified atom stereocenters. The van der Waals surface area contributed by atoms with E-state index in [4.69, 9.17) is 11.6 Å². The molecule has 0 N–H and O–H groups in total. The van der Waals surface area contributed by atoms with Crippen molar-refractivity contribution in [2.24, 2.45) is 0 Å². The number of hydrogen-bond donors (Lipinski definition) is 0. The van der Waals surface area contributed by atoms with Gasteiger partial charge in [0.05, 0.1) is 5.38 Å². The van der Waals surface area contributed by atoms with E-state index in [-0.39, 0.29) is 5.56 Å². The third-order valence-electron chi connectivity index (χ3n) is 3.07. The summed E-state index contributed by atoms with van der Waals surface area (Å²) in [5, 5.41) is -0.706. The van der Waals surface area contributed by atoms with Crippen LogP contribution in [0.25, 0.3) is 0 Å². The summed E-state index contributed by atoms with van der Waals surface area (Å²) in [5.74, 6) is -1.77. The molecule has 1 atom stereocenters. The first-order chi connectivity index (χ1) is 8.91. The highest BCUT2D eigenvalue weighted by Crippen LogP contribution is 2.35. The number of hydrogen-bond acceptors (Lipinski definition) is 0. The van der Waals surface area contributed by atoms with Gasteiger partial charge in [-0.25, -0.2) is 8.78 Å². The fraction of sp³-hybridized carbons (Fsp3) is 0.200. The third-order valence-corrected chi connectivity index (χ3v) is 4.40. The molecule has 0 aliphatic heterocycles. The second-order valence-electron chi connectivity index (χ2n) is 4.46. The zero-order valence-electron chi connectivity index (χ0n) is 10.5. The van der Waals surface area contributed by atoms with Crippen LogP contribution < -0.4 is 0 Å². The average Bonchev–Trinajstić information content (AvgIpc) is 2.36. The van der Waals surface area contributed by atoms with E-state index in [0.29, 0.717) is 0 Å². The minimum atomic E-state index is -0.887. The average molecular weight is 346 g/mol. The Morgan fingerprint density at radius 1 is 1.05 bits per heavy atom. The summed E-state index contributed by atoms with van der Waals surface area (Å²) in [4.78, 5) is 0. The fourth-order valence-electron chi connectivity index (χ4n) is 1.96. The molecule has 0 aliphatic carbocycles. The number of alkyl halides is 1. The van der Waals surface area contributed by atoms with Crippen molar-refractivity contribution in [2.75, 3.05) is 0 Å². The van der Waals surface area contributed by atoms with Crippen molar-refractivity contribution in [3.05, 3.63) is 68.7 Å². The van der Waals surface area contributed by atoms with E-state index in [1.807, 2.05) is 26.0 Å². The highest BCUT2D eigenvalue weighted by Gasteiger charge is 2.20. The summed E-state index contributed by atoms with van der Waals surface area (Å²) in [6, 6.07) is 7.87. The van der Waals surface area contributed by atoms with Crippen LogP contribution >= 0.6 is 27.5 Å². The lowest BCUT2D eigenvalue weighted by atomic mass is 9.97. The molecule has 0 aliphatic rings. The quantitative estimate of drug-likeness (QED) is 0.615. The third kappa shape index (κ3) is 2.82. The summed E-state index contributed by atoms with van der Waals surface area (Å²) >= 11 is 9.75. The Morgan fingerprint density at radius 2 is 1.74 bits per heavy atom. The van der Waals surface area contributed by atoms with E-state index < -0.39 is 17.0 Å². The van der Waals surface area contributed by atoms with E-state index in [2.05, 4.69) is 15.9 Å². The van der Waals surface area contributed by atoms with Gasteiger partial charge in [0.1, 0.15) is 0 Å². The molecule has 0 bridgehead atoms. The van der Waals surface area contributed by atoms with Gasteiger partial charge in [0.25, 0.3) is 0 Å². The highest BCUT2D eigenvalue weighted by atomic mass is 79.9. The lowest BCUT2D eigenvalue weighted by Crippen LogP contribution is -2.02. The molecule has 0 saturated carbocycles. The van der Waals surface area contributed by atoms with Crippen molar-refractivity contribution >= 4 is 27.5 Å². The Hall–Kier alpha value is -0.930. The molecule has 0 nitrogen and oxygen atoms in total. The monoisotopic (exact) mass is 344 g/mol. The summed E-state index contributed by atoms with van der Waals surface area (Å²) in [6.45, 7) is 3.82. The smallest absolute Gasteiger partial charge is 0.163 e. The van der Waals surface area contributed by atoms with Gasteiger partial charge in [0.2, 0.25) is 0 Å². The summed E-state index contributed by atoms with van der Waals surface area (Å²) < 4.78 is 28.0. The predicted octanol–water partition coefficient (Wildman–Crippen LogP) is 5.67. The lowest BCUT2D eigenvalue weighted by Gasteiger charge is -2.16. The lowest BCUT2D eigenvalue weighted by molar-refractivity contribution is 0.500. The van der Waals surface area contributed by atoms with Crippen LogP contribution in [0.1, 0.15) is 27.6 Å². The number of aryl methyl sites for hydroxylation is 2. The Bertz CT molecular complexity index is 626. The highest BCUT2D eigenvalue weighted by molar-refractivity contribution is 9.10. The molecule has 4 heteroatoms. The minimum Gasteiger partial charge on any atom is -0.204 e. The van der Waals surface area contributed by atoms with Gasteiger partial charge in [0.15, 0.2) is 11.6 Å². The van der Waals surface area contributed by atoms with Gasteiger partial charge in [-0.1, -0.05) is 34.1 Å². The predicted molar refractivity (Wildman–Crippen MR) is 77.7 cm³/mol. The molecule has 0 aromatic heterocycles. The SMILES string of the molecule is Cc1cc(C(Cl)c2cccc(F)c2F)c(C)cc1Br. The maximum Gasteiger partial charge on any atom is 0.163 e. The minimum absolute atomic E-state index is 0.159. The van der Waals surface area contributed by atoms with Gasteiger partial charge >= 0.3 is 0 Å². The Kier molecular flexibility index (Phi) is 4.26. The number of benzene rings is 2. The van der Waals surface area contributed by atoms with Crippen molar-refractivity contribution in [1.29, 1.82) is 0 Å². The number of rotatable bonds is 2. The van der Waals surface area contributed by atoms with Crippen LogP contribution in [0.2, 0.25) is 0 Å². The molecule has 0 fully saturated rings. The van der Waals surface area contributed by atoms with Crippen LogP contribution in [0.4, 0.5) is 8.78 Å². The zero-order chi connectivity index (χ0) is 14.2. The van der Waals surface area contributed by atoms with Crippen LogP contribution in [0.3, 0.4) is 0 Å². The molecule has 0 saturated heterocycles. The molecule has 100 valence electrons. The first-order valence-electron chi connectivity index (χ1n) is 5.76. The molecule has 19 heavy (non-hydrogen) atoms. The van der Waals surface area contributed by atoms with Crippen LogP contribution in [0.15, 0.2) is 34.8 Å². The first-order valence-corrected chi connectivity index (χ1v) is 6.99. The number of halogens is 4. The van der Waals surface area contributed by atoms with Gasteiger partial charge in [0, 0.05) is 10.0 Å². The fourth-order valence-corrected chi connectivity index (χ4v) is 2.82. The van der Waals surface area contributed by atoms with E-state index in [1.165, 1.54) is 12.1 Å². The first kappa shape index (κ1) is 14.5. The van der Waals surface area contributed by atoms with Crippen molar-refractivity contribution in [2.45, 2.75) is 19.2 Å². The van der Waals surface area contributed by atoms with E-state index in [0.717, 1.165) is 27.2 Å². The molecular formula is C15H12BrClF2. The molecule has 2 aromatic carbocycles. The largest absolute Gasteiger partial charge is 0.204 e. The Morgan fingerprint density at radius 3 is 2.42 bits per heavy atom. The molecule has 2 rings (SSSR count). The van der Waals surface area contributed by atoms with Gasteiger partial charge in [-0.15, -0.1) is 11.6 Å². The Balaban J connectivity index is 2.53. The molecule has 0 amide bonds. The van der Waals surface area contributed by atoms with Crippen molar-refractivity contribution < 1.29 is 8.78 Å². The second kappa shape index (κ2) is 5.59. The van der Waals surface area contributed by atoms with Gasteiger partial charge in [-0.3, -0.25) is 0 Å². The zero-order valence-corrected chi connectivity index (χ0v) is 12.8. The summed E-state index contributed by atoms with van der Waals surface area (Å²) in [5.41, 5.74) is 2.88. The van der Waals surface area contributed by atoms with Crippen molar-refractivity contribution in [3.63, 3.8) is 0 Å². The van der Waals surface area contributed by atoms with Gasteiger partial charge in [-0.2, -0.15) is 0 Å². The summed E-state index contributed by atoms with van der Waals surface area (Å²) in [6.07, 6.45) is 0. The normalized spacial score (nSPS) is 12.5. The van der Waals surface area contributed by atoms with E-state index in [1.54, 1.807) is 0 Å². The van der Waals surface area contributed by atoms with E-state index in [9.17, 15) is 8.78 Å². The van der Waals surface area contributed by atoms with Gasteiger partial charge in [-0.05, 0) is 42.7 Å². The summed E-state index contributed by atoms with van der Waals surface area (Å²) in [7, 11) is 0. The standard InChI is InChI=1S/C15H12BrClF2/c1-8-7-12(16)9(2)6-11(8)14(17)10-4-3-5-13(18)15(10)19/h3-7,14H,1-2H3. The molecule has 2 aromatic rings. The topological polar surface area (TPSA) is 0 Å². The maximum absolute atomic E-state index is 13.8. The second-order valence-corrected chi connectivity index (χ2v) is 5.75. The molecule has 0 spiro atoms. The molecular weight excluding hydrogens is 334 g/mol. The molecule has 0 radical (unpaired) electrons.